The highest BCUT2D eigenvalue weighted by molar-refractivity contribution is 5.95. The summed E-state index contributed by atoms with van der Waals surface area (Å²) in [5.41, 5.74) is 4.50. The van der Waals surface area contributed by atoms with Crippen LogP contribution < -0.4 is 0 Å². The summed E-state index contributed by atoms with van der Waals surface area (Å²) in [6.45, 7) is 5.55. The zero-order valence-corrected chi connectivity index (χ0v) is 16.9. The molecule has 148 valence electrons. The maximum absolute atomic E-state index is 13.2. The molecular weight excluding hydrogens is 352 g/mol. The molecule has 1 aliphatic rings. The number of amides is 2. The monoisotopic (exact) mass is 380 g/mol. The number of nitrogens with zero attached hydrogens (tertiary/aromatic N) is 2. The molecule has 0 unspecified atom stereocenters. The number of rotatable bonds is 7. The molecule has 0 radical (unpaired) electrons. The van der Waals surface area contributed by atoms with E-state index in [0.29, 0.717) is 26.1 Å². The van der Waals surface area contributed by atoms with Gasteiger partial charge in [0.25, 0.3) is 0 Å². The van der Waals surface area contributed by atoms with Gasteiger partial charge in [0.15, 0.2) is 0 Å². The van der Waals surface area contributed by atoms with Crippen LogP contribution in [0.4, 0.5) is 0 Å². The third-order valence-corrected chi connectivity index (χ3v) is 5.51. The van der Waals surface area contributed by atoms with Crippen molar-refractivity contribution in [2.24, 2.45) is 0 Å². The lowest BCUT2D eigenvalue weighted by Gasteiger charge is -2.40. The lowest BCUT2D eigenvalue weighted by Crippen LogP contribution is -2.60. The van der Waals surface area contributed by atoms with Gasteiger partial charge in [0.1, 0.15) is 6.04 Å². The van der Waals surface area contributed by atoms with E-state index in [1.807, 2.05) is 42.5 Å². The second-order valence-corrected chi connectivity index (χ2v) is 7.34. The fraction of sp³-hybridized carbons (Fsp3) is 0.391. The van der Waals surface area contributed by atoms with E-state index in [2.05, 4.69) is 19.9 Å². The second-order valence-electron chi connectivity index (χ2n) is 7.34. The number of aryl methyl sites for hydroxylation is 1. The van der Waals surface area contributed by atoms with Crippen LogP contribution in [0.3, 0.4) is 0 Å². The van der Waals surface area contributed by atoms with Crippen LogP contribution >= 0.6 is 0 Å². The highest BCUT2D eigenvalue weighted by Gasteiger charge is 2.39. The lowest BCUT2D eigenvalue weighted by molar-refractivity contribution is -0.157. The smallest absolute Gasteiger partial charge is 0.246 e. The Morgan fingerprint density at radius 1 is 1.04 bits per heavy atom. The number of hydrogen-bond acceptors (Lipinski definition) is 3. The van der Waals surface area contributed by atoms with Gasteiger partial charge in [-0.3, -0.25) is 9.59 Å². The van der Waals surface area contributed by atoms with E-state index in [9.17, 15) is 9.59 Å². The van der Waals surface area contributed by atoms with Crippen molar-refractivity contribution < 1.29 is 14.3 Å². The molecule has 2 aromatic rings. The van der Waals surface area contributed by atoms with Crippen molar-refractivity contribution >= 4 is 11.8 Å². The van der Waals surface area contributed by atoms with Crippen LogP contribution in [0.25, 0.3) is 0 Å². The Hall–Kier alpha value is -2.66. The minimum Gasteiger partial charge on any atom is -0.383 e. The summed E-state index contributed by atoms with van der Waals surface area (Å²) in [5.74, 6) is -0.0247. The summed E-state index contributed by atoms with van der Waals surface area (Å²) < 4.78 is 5.11. The number of piperazine rings is 1. The van der Waals surface area contributed by atoms with Crippen LogP contribution in [-0.4, -0.2) is 54.5 Å². The number of carbonyl (C=O) groups excluding carboxylic acids is 2. The highest BCUT2D eigenvalue weighted by Crippen LogP contribution is 2.22. The molecule has 2 amide bonds. The molecule has 1 heterocycles. The summed E-state index contributed by atoms with van der Waals surface area (Å²) in [6.07, 6.45) is 0.514. The molecule has 5 heteroatoms. The minimum absolute atomic E-state index is 0.00851. The summed E-state index contributed by atoms with van der Waals surface area (Å²) in [7, 11) is 1.60. The molecule has 0 saturated carbocycles. The van der Waals surface area contributed by atoms with Crippen molar-refractivity contribution in [2.75, 3.05) is 26.8 Å². The van der Waals surface area contributed by atoms with Gasteiger partial charge in [0.2, 0.25) is 11.8 Å². The summed E-state index contributed by atoms with van der Waals surface area (Å²) in [5, 5.41) is 0. The van der Waals surface area contributed by atoms with E-state index in [1.54, 1.807) is 16.9 Å². The lowest BCUT2D eigenvalue weighted by atomic mass is 9.98. The molecule has 1 aliphatic heterocycles. The standard InChI is InChI=1S/C23H28N2O3/c1-17-8-7-11-20(18(17)2)15-25-21(14-19-9-5-4-6-10-19)23(27)24(12-13-28-3)16-22(25)26/h4-11,21H,12-16H2,1-3H3/t21-/m1/s1. The Morgan fingerprint density at radius 2 is 1.79 bits per heavy atom. The Bertz CT molecular complexity index is 835. The minimum atomic E-state index is -0.500. The van der Waals surface area contributed by atoms with E-state index in [0.717, 1.165) is 11.1 Å². The largest absolute Gasteiger partial charge is 0.383 e. The summed E-state index contributed by atoms with van der Waals surface area (Å²) in [6, 6.07) is 15.5. The number of methoxy groups -OCH3 is 1. The topological polar surface area (TPSA) is 49.9 Å². The third kappa shape index (κ3) is 4.42. The van der Waals surface area contributed by atoms with E-state index in [-0.39, 0.29) is 18.4 Å². The van der Waals surface area contributed by atoms with Crippen molar-refractivity contribution in [3.05, 3.63) is 70.8 Å². The first-order valence-electron chi connectivity index (χ1n) is 9.67. The number of ether oxygens (including phenoxy) is 1. The van der Waals surface area contributed by atoms with Gasteiger partial charge in [-0.05, 0) is 36.1 Å². The molecule has 0 aliphatic carbocycles. The maximum Gasteiger partial charge on any atom is 0.246 e. The average Bonchev–Trinajstić information content (AvgIpc) is 2.70. The van der Waals surface area contributed by atoms with Crippen LogP contribution in [0.2, 0.25) is 0 Å². The zero-order chi connectivity index (χ0) is 20.1. The molecule has 5 nitrogen and oxygen atoms in total. The zero-order valence-electron chi connectivity index (χ0n) is 16.9. The van der Waals surface area contributed by atoms with E-state index in [4.69, 9.17) is 4.74 Å². The van der Waals surface area contributed by atoms with Gasteiger partial charge in [0.05, 0.1) is 13.2 Å². The molecule has 0 spiro atoms. The highest BCUT2D eigenvalue weighted by atomic mass is 16.5. The van der Waals surface area contributed by atoms with E-state index < -0.39 is 6.04 Å². The molecule has 0 aromatic heterocycles. The molecule has 1 atom stereocenters. The van der Waals surface area contributed by atoms with Gasteiger partial charge in [0, 0.05) is 26.6 Å². The average molecular weight is 380 g/mol. The fourth-order valence-electron chi connectivity index (χ4n) is 3.64. The number of carbonyl (C=O) groups is 2. The van der Waals surface area contributed by atoms with E-state index >= 15 is 0 Å². The first-order chi connectivity index (χ1) is 13.5. The number of benzene rings is 2. The van der Waals surface area contributed by atoms with Gasteiger partial charge in [-0.25, -0.2) is 0 Å². The quantitative estimate of drug-likeness (QED) is 0.742. The first kappa shape index (κ1) is 20.1. The van der Waals surface area contributed by atoms with Crippen LogP contribution in [0, 0.1) is 13.8 Å². The second kappa shape index (κ2) is 9.02. The van der Waals surface area contributed by atoms with Crippen LogP contribution in [0.1, 0.15) is 22.3 Å². The SMILES string of the molecule is COCCN1CC(=O)N(Cc2cccc(C)c2C)[C@H](Cc2ccccc2)C1=O. The molecular formula is C23H28N2O3. The Morgan fingerprint density at radius 3 is 2.50 bits per heavy atom. The molecule has 1 saturated heterocycles. The van der Waals surface area contributed by atoms with Crippen molar-refractivity contribution in [2.45, 2.75) is 32.9 Å². The molecule has 0 bridgehead atoms. The maximum atomic E-state index is 13.2. The molecule has 3 rings (SSSR count). The summed E-state index contributed by atoms with van der Waals surface area (Å²) in [4.78, 5) is 29.6. The predicted molar refractivity (Wildman–Crippen MR) is 109 cm³/mol. The normalized spacial score (nSPS) is 17.3. The van der Waals surface area contributed by atoms with Gasteiger partial charge in [-0.2, -0.15) is 0 Å². The Balaban J connectivity index is 1.89. The predicted octanol–water partition coefficient (Wildman–Crippen LogP) is 2.73. The van der Waals surface area contributed by atoms with E-state index in [1.165, 1.54) is 11.1 Å². The van der Waals surface area contributed by atoms with Crippen molar-refractivity contribution in [3.8, 4) is 0 Å². The third-order valence-electron chi connectivity index (χ3n) is 5.51. The van der Waals surface area contributed by atoms with Crippen LogP contribution in [0.15, 0.2) is 48.5 Å². The van der Waals surface area contributed by atoms with Gasteiger partial charge in [-0.15, -0.1) is 0 Å². The van der Waals surface area contributed by atoms with Gasteiger partial charge < -0.3 is 14.5 Å². The molecule has 0 N–H and O–H groups in total. The van der Waals surface area contributed by atoms with Crippen LogP contribution in [-0.2, 0) is 27.3 Å². The first-order valence-corrected chi connectivity index (χ1v) is 9.67. The summed E-state index contributed by atoms with van der Waals surface area (Å²) >= 11 is 0. The fourth-order valence-corrected chi connectivity index (χ4v) is 3.64. The van der Waals surface area contributed by atoms with Crippen LogP contribution in [0.5, 0.6) is 0 Å². The van der Waals surface area contributed by atoms with Gasteiger partial charge in [-0.1, -0.05) is 48.5 Å². The number of hydrogen-bond donors (Lipinski definition) is 0. The Labute approximate surface area is 166 Å². The van der Waals surface area contributed by atoms with Gasteiger partial charge >= 0.3 is 0 Å². The molecule has 2 aromatic carbocycles. The molecule has 1 fully saturated rings. The van der Waals surface area contributed by atoms with Crippen molar-refractivity contribution in [1.29, 1.82) is 0 Å². The van der Waals surface area contributed by atoms with Crippen molar-refractivity contribution in [3.63, 3.8) is 0 Å². The van der Waals surface area contributed by atoms with Crippen molar-refractivity contribution in [1.82, 2.24) is 9.80 Å². The molecule has 28 heavy (non-hydrogen) atoms. The Kier molecular flexibility index (Phi) is 6.47.